The number of aliphatic hydroxyl groups is 1. The average Bonchev–Trinajstić information content (AvgIpc) is 2.76. The Bertz CT molecular complexity index is 433. The van der Waals surface area contributed by atoms with Crippen molar-refractivity contribution in [2.75, 3.05) is 13.2 Å². The number of ether oxygens (including phenoxy) is 1. The fourth-order valence-corrected chi connectivity index (χ4v) is 2.98. The second-order valence-corrected chi connectivity index (χ2v) is 5.80. The van der Waals surface area contributed by atoms with E-state index in [4.69, 9.17) is 10.5 Å². The van der Waals surface area contributed by atoms with Crippen LogP contribution in [0.4, 0.5) is 0 Å². The standard InChI is InChI=1S/C16H25NO2/c1-12-5-6-13(2)15(10-12)19-9-7-14-4-3-8-16(14,18)11-17/h5-6,10,14,18H,3-4,7-9,11,17H2,1-2H3. The van der Waals surface area contributed by atoms with Crippen molar-refractivity contribution in [3.05, 3.63) is 29.3 Å². The zero-order valence-corrected chi connectivity index (χ0v) is 12.0. The second-order valence-electron chi connectivity index (χ2n) is 5.80. The Morgan fingerprint density at radius 2 is 2.21 bits per heavy atom. The lowest BCUT2D eigenvalue weighted by Crippen LogP contribution is -2.41. The molecule has 1 aromatic carbocycles. The molecule has 0 spiro atoms. The van der Waals surface area contributed by atoms with Gasteiger partial charge < -0.3 is 15.6 Å². The number of hydrogen-bond acceptors (Lipinski definition) is 3. The molecule has 1 aliphatic rings. The van der Waals surface area contributed by atoms with E-state index in [1.807, 2.05) is 0 Å². The van der Waals surface area contributed by atoms with Gasteiger partial charge in [0.2, 0.25) is 0 Å². The van der Waals surface area contributed by atoms with Crippen molar-refractivity contribution in [1.29, 1.82) is 0 Å². The van der Waals surface area contributed by atoms with Crippen molar-refractivity contribution < 1.29 is 9.84 Å². The van der Waals surface area contributed by atoms with Gasteiger partial charge in [-0.2, -0.15) is 0 Å². The van der Waals surface area contributed by atoms with E-state index in [0.717, 1.165) is 37.0 Å². The Morgan fingerprint density at radius 3 is 2.95 bits per heavy atom. The predicted octanol–water partition coefficient (Wildman–Crippen LogP) is 2.56. The Labute approximate surface area is 115 Å². The molecule has 1 aromatic rings. The largest absolute Gasteiger partial charge is 0.493 e. The first kappa shape index (κ1) is 14.4. The first-order chi connectivity index (χ1) is 9.05. The summed E-state index contributed by atoms with van der Waals surface area (Å²) in [6.07, 6.45) is 3.84. The van der Waals surface area contributed by atoms with E-state index in [2.05, 4.69) is 32.0 Å². The quantitative estimate of drug-likeness (QED) is 0.858. The summed E-state index contributed by atoms with van der Waals surface area (Å²) in [6.45, 7) is 5.13. The monoisotopic (exact) mass is 263 g/mol. The fourth-order valence-electron chi connectivity index (χ4n) is 2.98. The molecule has 1 saturated carbocycles. The molecule has 2 atom stereocenters. The van der Waals surface area contributed by atoms with Gasteiger partial charge in [0.15, 0.2) is 0 Å². The molecule has 0 aromatic heterocycles. The van der Waals surface area contributed by atoms with Crippen LogP contribution in [0, 0.1) is 19.8 Å². The highest BCUT2D eigenvalue weighted by atomic mass is 16.5. The Balaban J connectivity index is 1.88. The van der Waals surface area contributed by atoms with Crippen LogP contribution in [0.5, 0.6) is 5.75 Å². The van der Waals surface area contributed by atoms with E-state index in [9.17, 15) is 5.11 Å². The SMILES string of the molecule is Cc1ccc(C)c(OCCC2CCCC2(O)CN)c1. The van der Waals surface area contributed by atoms with Gasteiger partial charge in [-0.15, -0.1) is 0 Å². The van der Waals surface area contributed by atoms with E-state index < -0.39 is 5.60 Å². The molecule has 0 bridgehead atoms. The maximum atomic E-state index is 10.4. The van der Waals surface area contributed by atoms with Crippen molar-refractivity contribution in [1.82, 2.24) is 0 Å². The van der Waals surface area contributed by atoms with Crippen LogP contribution in [0.3, 0.4) is 0 Å². The summed E-state index contributed by atoms with van der Waals surface area (Å²) in [4.78, 5) is 0. The summed E-state index contributed by atoms with van der Waals surface area (Å²) >= 11 is 0. The molecule has 106 valence electrons. The summed E-state index contributed by atoms with van der Waals surface area (Å²) in [5, 5.41) is 10.4. The van der Waals surface area contributed by atoms with Crippen molar-refractivity contribution in [2.45, 2.75) is 45.1 Å². The Kier molecular flexibility index (Phi) is 4.48. The van der Waals surface area contributed by atoms with Gasteiger partial charge in [-0.3, -0.25) is 0 Å². The van der Waals surface area contributed by atoms with Crippen molar-refractivity contribution >= 4 is 0 Å². The van der Waals surface area contributed by atoms with Crippen molar-refractivity contribution in [2.24, 2.45) is 11.7 Å². The minimum atomic E-state index is -0.662. The molecular formula is C16H25NO2. The second kappa shape index (κ2) is 5.93. The summed E-state index contributed by atoms with van der Waals surface area (Å²) in [6, 6.07) is 6.24. The number of nitrogens with two attached hydrogens (primary N) is 1. The maximum absolute atomic E-state index is 10.4. The first-order valence-corrected chi connectivity index (χ1v) is 7.17. The van der Waals surface area contributed by atoms with Crippen LogP contribution < -0.4 is 10.5 Å². The topological polar surface area (TPSA) is 55.5 Å². The van der Waals surface area contributed by atoms with Crippen LogP contribution in [0.1, 0.15) is 36.8 Å². The first-order valence-electron chi connectivity index (χ1n) is 7.17. The summed E-state index contributed by atoms with van der Waals surface area (Å²) < 4.78 is 5.87. The molecule has 0 radical (unpaired) electrons. The number of hydrogen-bond donors (Lipinski definition) is 2. The average molecular weight is 263 g/mol. The van der Waals surface area contributed by atoms with Crippen LogP contribution in [0.2, 0.25) is 0 Å². The van der Waals surface area contributed by atoms with Gasteiger partial charge in [-0.25, -0.2) is 0 Å². The molecule has 2 unspecified atom stereocenters. The normalized spacial score (nSPS) is 26.6. The lowest BCUT2D eigenvalue weighted by molar-refractivity contribution is 0.00352. The van der Waals surface area contributed by atoms with Gasteiger partial charge >= 0.3 is 0 Å². The van der Waals surface area contributed by atoms with Crippen LogP contribution >= 0.6 is 0 Å². The highest BCUT2D eigenvalue weighted by Gasteiger charge is 2.39. The molecule has 3 nitrogen and oxygen atoms in total. The third-order valence-corrected chi connectivity index (χ3v) is 4.34. The molecule has 3 heteroatoms. The minimum absolute atomic E-state index is 0.280. The van der Waals surface area contributed by atoms with E-state index >= 15 is 0 Å². The molecule has 2 rings (SSSR count). The smallest absolute Gasteiger partial charge is 0.122 e. The molecular weight excluding hydrogens is 238 g/mol. The number of aryl methyl sites for hydroxylation is 2. The van der Waals surface area contributed by atoms with E-state index in [0.29, 0.717) is 13.2 Å². The van der Waals surface area contributed by atoms with Gasteiger partial charge in [0.25, 0.3) is 0 Å². The minimum Gasteiger partial charge on any atom is -0.493 e. The third kappa shape index (κ3) is 3.28. The number of benzene rings is 1. The lowest BCUT2D eigenvalue weighted by atomic mass is 9.88. The zero-order valence-electron chi connectivity index (χ0n) is 12.0. The molecule has 1 aliphatic carbocycles. The zero-order chi connectivity index (χ0) is 13.9. The van der Waals surface area contributed by atoms with Crippen LogP contribution in [0.25, 0.3) is 0 Å². The molecule has 0 saturated heterocycles. The Morgan fingerprint density at radius 1 is 1.42 bits per heavy atom. The van der Waals surface area contributed by atoms with Gasteiger partial charge in [0.1, 0.15) is 5.75 Å². The molecule has 1 fully saturated rings. The highest BCUT2D eigenvalue weighted by molar-refractivity contribution is 5.35. The highest BCUT2D eigenvalue weighted by Crippen LogP contribution is 2.37. The lowest BCUT2D eigenvalue weighted by Gasteiger charge is -2.28. The van der Waals surface area contributed by atoms with Gasteiger partial charge in [0, 0.05) is 6.54 Å². The van der Waals surface area contributed by atoms with Crippen LogP contribution in [-0.4, -0.2) is 23.9 Å². The van der Waals surface area contributed by atoms with E-state index in [1.165, 1.54) is 5.56 Å². The molecule has 0 aliphatic heterocycles. The van der Waals surface area contributed by atoms with Crippen LogP contribution in [0.15, 0.2) is 18.2 Å². The summed E-state index contributed by atoms with van der Waals surface area (Å²) in [5.74, 6) is 1.23. The third-order valence-electron chi connectivity index (χ3n) is 4.34. The predicted molar refractivity (Wildman–Crippen MR) is 77.4 cm³/mol. The molecule has 0 heterocycles. The van der Waals surface area contributed by atoms with Crippen molar-refractivity contribution in [3.63, 3.8) is 0 Å². The molecule has 0 amide bonds. The van der Waals surface area contributed by atoms with Crippen LogP contribution in [-0.2, 0) is 0 Å². The molecule has 3 N–H and O–H groups in total. The van der Waals surface area contributed by atoms with E-state index in [-0.39, 0.29) is 5.92 Å². The fraction of sp³-hybridized carbons (Fsp3) is 0.625. The van der Waals surface area contributed by atoms with Crippen molar-refractivity contribution in [3.8, 4) is 5.75 Å². The van der Waals surface area contributed by atoms with E-state index in [1.54, 1.807) is 0 Å². The molecule has 19 heavy (non-hydrogen) atoms. The summed E-state index contributed by atoms with van der Waals surface area (Å²) in [7, 11) is 0. The van der Waals surface area contributed by atoms with Gasteiger partial charge in [-0.1, -0.05) is 18.6 Å². The van der Waals surface area contributed by atoms with Gasteiger partial charge in [-0.05, 0) is 56.2 Å². The van der Waals surface area contributed by atoms with Gasteiger partial charge in [0.05, 0.1) is 12.2 Å². The Hall–Kier alpha value is -1.06. The maximum Gasteiger partial charge on any atom is 0.122 e. The number of rotatable bonds is 5. The summed E-state index contributed by atoms with van der Waals surface area (Å²) in [5.41, 5.74) is 7.40.